The number of non-ortho nitro benzene ring substituents is 1. The molecule has 0 unspecified atom stereocenters. The van der Waals surface area contributed by atoms with E-state index >= 15 is 0 Å². The number of amides is 1. The molecule has 0 bridgehead atoms. The van der Waals surface area contributed by atoms with Crippen LogP contribution in [0.15, 0.2) is 36.4 Å². The monoisotopic (exact) mass is 412 g/mol. The zero-order valence-electron chi connectivity index (χ0n) is 17.7. The van der Waals surface area contributed by atoms with Gasteiger partial charge in [-0.1, -0.05) is 0 Å². The lowest BCUT2D eigenvalue weighted by Gasteiger charge is -2.30. The van der Waals surface area contributed by atoms with Crippen molar-refractivity contribution in [1.82, 2.24) is 0 Å². The van der Waals surface area contributed by atoms with E-state index in [-0.39, 0.29) is 11.6 Å². The maximum absolute atomic E-state index is 13.1. The van der Waals surface area contributed by atoms with Crippen molar-refractivity contribution in [3.63, 3.8) is 0 Å². The molecule has 8 nitrogen and oxygen atoms in total. The number of benzene rings is 2. The number of morpholine rings is 1. The summed E-state index contributed by atoms with van der Waals surface area (Å²) in [7, 11) is 0. The minimum absolute atomic E-state index is 0.106. The van der Waals surface area contributed by atoms with E-state index in [9.17, 15) is 14.9 Å². The van der Waals surface area contributed by atoms with E-state index in [0.717, 1.165) is 24.3 Å². The Morgan fingerprint density at radius 3 is 2.47 bits per heavy atom. The number of rotatable bonds is 7. The Kier molecular flexibility index (Phi) is 6.89. The molecule has 160 valence electrons. The van der Waals surface area contributed by atoms with E-state index in [1.54, 1.807) is 6.07 Å². The molecule has 30 heavy (non-hydrogen) atoms. The predicted molar refractivity (Wildman–Crippen MR) is 119 cm³/mol. The molecular weight excluding hydrogens is 384 g/mol. The molecule has 1 aliphatic rings. The van der Waals surface area contributed by atoms with Gasteiger partial charge in [0.1, 0.15) is 0 Å². The van der Waals surface area contributed by atoms with Gasteiger partial charge in [-0.3, -0.25) is 14.9 Å². The maximum atomic E-state index is 13.1. The van der Waals surface area contributed by atoms with Crippen LogP contribution >= 0.6 is 0 Å². The fourth-order valence-corrected chi connectivity index (χ4v) is 3.66. The predicted octanol–water partition coefficient (Wildman–Crippen LogP) is 3.84. The third-order valence-corrected chi connectivity index (χ3v) is 5.37. The number of hydrogen-bond acceptors (Lipinski definition) is 6. The van der Waals surface area contributed by atoms with Crippen molar-refractivity contribution in [3.8, 4) is 0 Å². The highest BCUT2D eigenvalue weighted by atomic mass is 16.6. The molecule has 0 saturated carbocycles. The number of nitro groups is 1. The van der Waals surface area contributed by atoms with Gasteiger partial charge in [0.25, 0.3) is 11.6 Å². The van der Waals surface area contributed by atoms with E-state index in [0.29, 0.717) is 43.2 Å². The second-order valence-electron chi connectivity index (χ2n) is 7.18. The summed E-state index contributed by atoms with van der Waals surface area (Å²) in [4.78, 5) is 28.2. The van der Waals surface area contributed by atoms with Gasteiger partial charge in [-0.05, 0) is 50.6 Å². The SMILES string of the molecule is CCN(CC)c1ccc(NC(=O)c2cc([N+](=O)[O-])ccc2N2CCOCC2)c(C)c1. The van der Waals surface area contributed by atoms with Crippen LogP contribution in [0, 0.1) is 17.0 Å². The molecule has 2 aromatic carbocycles. The van der Waals surface area contributed by atoms with Gasteiger partial charge in [-0.25, -0.2) is 0 Å². The van der Waals surface area contributed by atoms with E-state index in [2.05, 4.69) is 24.1 Å². The van der Waals surface area contributed by atoms with Crippen LogP contribution in [0.4, 0.5) is 22.7 Å². The Bertz CT molecular complexity index is 921. The molecule has 0 atom stereocenters. The number of carbonyl (C=O) groups is 1. The molecule has 1 aliphatic heterocycles. The number of hydrogen-bond donors (Lipinski definition) is 1. The highest BCUT2D eigenvalue weighted by Gasteiger charge is 2.22. The van der Waals surface area contributed by atoms with Crippen LogP contribution in [0.2, 0.25) is 0 Å². The first-order valence-corrected chi connectivity index (χ1v) is 10.2. The molecule has 1 amide bonds. The number of nitrogens with one attached hydrogen (secondary N) is 1. The molecule has 0 aromatic heterocycles. The summed E-state index contributed by atoms with van der Waals surface area (Å²) in [6.45, 7) is 10.3. The fraction of sp³-hybridized carbons (Fsp3) is 0.409. The van der Waals surface area contributed by atoms with Crippen LogP contribution in [0.3, 0.4) is 0 Å². The number of aryl methyl sites for hydroxylation is 1. The first-order chi connectivity index (χ1) is 14.4. The van der Waals surface area contributed by atoms with Gasteiger partial charge in [0.2, 0.25) is 0 Å². The third-order valence-electron chi connectivity index (χ3n) is 5.37. The second kappa shape index (κ2) is 9.58. The first kappa shape index (κ1) is 21.6. The van der Waals surface area contributed by atoms with Gasteiger partial charge < -0.3 is 19.9 Å². The van der Waals surface area contributed by atoms with Crippen molar-refractivity contribution in [2.24, 2.45) is 0 Å². The quantitative estimate of drug-likeness (QED) is 0.549. The summed E-state index contributed by atoms with van der Waals surface area (Å²) in [5.74, 6) is -0.362. The number of ether oxygens (including phenoxy) is 1. The third kappa shape index (κ3) is 4.71. The molecule has 0 radical (unpaired) electrons. The van der Waals surface area contributed by atoms with Gasteiger partial charge in [0.15, 0.2) is 0 Å². The van der Waals surface area contributed by atoms with Crippen molar-refractivity contribution in [2.75, 3.05) is 54.5 Å². The van der Waals surface area contributed by atoms with E-state index in [1.165, 1.54) is 12.1 Å². The molecule has 1 fully saturated rings. The Labute approximate surface area is 176 Å². The lowest BCUT2D eigenvalue weighted by molar-refractivity contribution is -0.384. The summed E-state index contributed by atoms with van der Waals surface area (Å²) in [5.41, 5.74) is 3.59. The van der Waals surface area contributed by atoms with Gasteiger partial charge in [0, 0.05) is 49.7 Å². The van der Waals surface area contributed by atoms with Crippen molar-refractivity contribution in [1.29, 1.82) is 0 Å². The summed E-state index contributed by atoms with van der Waals surface area (Å²) in [6.07, 6.45) is 0. The van der Waals surface area contributed by atoms with Crippen molar-refractivity contribution in [2.45, 2.75) is 20.8 Å². The van der Waals surface area contributed by atoms with Gasteiger partial charge >= 0.3 is 0 Å². The number of carbonyl (C=O) groups excluding carboxylic acids is 1. The molecule has 1 N–H and O–H groups in total. The molecule has 0 spiro atoms. The summed E-state index contributed by atoms with van der Waals surface area (Å²) in [6, 6.07) is 10.3. The van der Waals surface area contributed by atoms with E-state index in [4.69, 9.17) is 4.74 Å². The van der Waals surface area contributed by atoms with Gasteiger partial charge in [-0.2, -0.15) is 0 Å². The highest BCUT2D eigenvalue weighted by molar-refractivity contribution is 6.09. The molecule has 1 heterocycles. The first-order valence-electron chi connectivity index (χ1n) is 10.2. The summed E-state index contributed by atoms with van der Waals surface area (Å²) in [5, 5.41) is 14.2. The fourth-order valence-electron chi connectivity index (χ4n) is 3.66. The maximum Gasteiger partial charge on any atom is 0.270 e. The smallest absolute Gasteiger partial charge is 0.270 e. The van der Waals surface area contributed by atoms with Crippen molar-refractivity contribution < 1.29 is 14.5 Å². The van der Waals surface area contributed by atoms with Crippen LogP contribution in [-0.4, -0.2) is 50.2 Å². The molecule has 2 aromatic rings. The Morgan fingerprint density at radius 2 is 1.87 bits per heavy atom. The minimum atomic E-state index is -0.482. The normalized spacial score (nSPS) is 13.8. The van der Waals surface area contributed by atoms with Crippen LogP contribution < -0.4 is 15.1 Å². The minimum Gasteiger partial charge on any atom is -0.378 e. The van der Waals surface area contributed by atoms with Crippen molar-refractivity contribution >= 4 is 28.7 Å². The molecular formula is C22H28N4O4. The highest BCUT2D eigenvalue weighted by Crippen LogP contribution is 2.29. The average molecular weight is 412 g/mol. The number of anilines is 3. The number of nitro benzene ring substituents is 1. The topological polar surface area (TPSA) is 88.0 Å². The molecule has 0 aliphatic carbocycles. The summed E-state index contributed by atoms with van der Waals surface area (Å²) >= 11 is 0. The van der Waals surface area contributed by atoms with Crippen LogP contribution in [-0.2, 0) is 4.74 Å². The van der Waals surface area contributed by atoms with Crippen LogP contribution in [0.5, 0.6) is 0 Å². The number of nitrogens with zero attached hydrogens (tertiary/aromatic N) is 3. The Morgan fingerprint density at radius 1 is 1.17 bits per heavy atom. The standard InChI is InChI=1S/C22H28N4O4/c1-4-24(5-2)17-6-8-20(16(3)14-17)23-22(27)19-15-18(26(28)29)7-9-21(19)25-10-12-30-13-11-25/h6-9,14-15H,4-5,10-13H2,1-3H3,(H,23,27). The molecule has 1 saturated heterocycles. The zero-order valence-corrected chi connectivity index (χ0v) is 17.7. The summed E-state index contributed by atoms with van der Waals surface area (Å²) < 4.78 is 5.39. The van der Waals surface area contributed by atoms with Gasteiger partial charge in [0.05, 0.1) is 29.4 Å². The Hall–Kier alpha value is -3.13. The zero-order chi connectivity index (χ0) is 21.7. The second-order valence-corrected chi connectivity index (χ2v) is 7.18. The lowest BCUT2D eigenvalue weighted by Crippen LogP contribution is -2.37. The molecule has 3 rings (SSSR count). The van der Waals surface area contributed by atoms with E-state index < -0.39 is 4.92 Å². The Balaban J connectivity index is 1.90. The average Bonchev–Trinajstić information content (AvgIpc) is 2.76. The van der Waals surface area contributed by atoms with E-state index in [1.807, 2.05) is 30.0 Å². The van der Waals surface area contributed by atoms with Crippen LogP contribution in [0.25, 0.3) is 0 Å². The van der Waals surface area contributed by atoms with Crippen LogP contribution in [0.1, 0.15) is 29.8 Å². The largest absolute Gasteiger partial charge is 0.378 e. The molecule has 8 heteroatoms. The van der Waals surface area contributed by atoms with Gasteiger partial charge in [-0.15, -0.1) is 0 Å². The lowest BCUT2D eigenvalue weighted by atomic mass is 10.1. The van der Waals surface area contributed by atoms with Crippen molar-refractivity contribution in [3.05, 3.63) is 57.6 Å².